The molecule has 1 aromatic carbocycles. The Morgan fingerprint density at radius 2 is 1.85 bits per heavy atom. The van der Waals surface area contributed by atoms with Crippen LogP contribution in [0.5, 0.6) is 0 Å². The number of nitrogens with zero attached hydrogens (tertiary/aromatic N) is 5. The highest BCUT2D eigenvalue weighted by Crippen LogP contribution is 2.31. The van der Waals surface area contributed by atoms with E-state index in [0.717, 1.165) is 26.7 Å². The van der Waals surface area contributed by atoms with Gasteiger partial charge in [-0.05, 0) is 23.7 Å². The number of carbonyl (C=O) groups is 1. The van der Waals surface area contributed by atoms with E-state index in [-0.39, 0.29) is 5.69 Å². The van der Waals surface area contributed by atoms with Crippen LogP contribution in [0, 0.1) is 0 Å². The molecule has 27 heavy (non-hydrogen) atoms. The predicted octanol–water partition coefficient (Wildman–Crippen LogP) is 3.01. The van der Waals surface area contributed by atoms with Crippen LogP contribution in [0.3, 0.4) is 0 Å². The van der Waals surface area contributed by atoms with Gasteiger partial charge in [-0.1, -0.05) is 12.1 Å². The first-order valence-electron chi connectivity index (χ1n) is 8.34. The predicted molar refractivity (Wildman–Crippen MR) is 95.9 cm³/mol. The lowest BCUT2D eigenvalue weighted by Gasteiger charge is -2.35. The normalized spacial score (nSPS) is 15.6. The average Bonchev–Trinajstić information content (AvgIpc) is 3.25. The summed E-state index contributed by atoms with van der Waals surface area (Å²) in [5.74, 6) is 0.450. The second-order valence-corrected chi connectivity index (χ2v) is 7.12. The highest BCUT2D eigenvalue weighted by molar-refractivity contribution is 7.13. The van der Waals surface area contributed by atoms with Gasteiger partial charge in [0.2, 0.25) is 0 Å². The largest absolute Gasteiger partial charge is 0.435 e. The summed E-state index contributed by atoms with van der Waals surface area (Å²) in [5.41, 5.74) is -1.11. The Balaban J connectivity index is 1.48. The van der Waals surface area contributed by atoms with Crippen LogP contribution in [0.4, 0.5) is 19.0 Å². The van der Waals surface area contributed by atoms with Gasteiger partial charge in [-0.15, -0.1) is 0 Å². The van der Waals surface area contributed by atoms with Crippen LogP contribution in [-0.2, 0) is 13.2 Å². The number of benzene rings is 1. The third-order valence-electron chi connectivity index (χ3n) is 4.61. The molecular weight excluding hydrogens is 379 g/mol. The third-order valence-corrected chi connectivity index (χ3v) is 5.43. The maximum absolute atomic E-state index is 12.8. The molecule has 0 radical (unpaired) electrons. The van der Waals surface area contributed by atoms with Gasteiger partial charge in [-0.25, -0.2) is 0 Å². The van der Waals surface area contributed by atoms with Crippen molar-refractivity contribution >= 4 is 33.3 Å². The number of rotatable bonds is 2. The lowest BCUT2D eigenvalue weighted by molar-refractivity contribution is -0.141. The first-order valence-corrected chi connectivity index (χ1v) is 9.12. The average molecular weight is 395 g/mol. The minimum atomic E-state index is -4.57. The Morgan fingerprint density at radius 3 is 2.52 bits per heavy atom. The van der Waals surface area contributed by atoms with Gasteiger partial charge in [-0.2, -0.15) is 22.6 Å². The zero-order chi connectivity index (χ0) is 19.2. The van der Waals surface area contributed by atoms with Gasteiger partial charge < -0.3 is 9.80 Å². The first-order chi connectivity index (χ1) is 12.8. The summed E-state index contributed by atoms with van der Waals surface area (Å²) in [4.78, 5) is 16.3. The van der Waals surface area contributed by atoms with E-state index < -0.39 is 17.8 Å². The Bertz CT molecular complexity index is 988. The number of carbonyl (C=O) groups excluding carboxylic acids is 1. The van der Waals surface area contributed by atoms with E-state index in [2.05, 4.69) is 14.4 Å². The molecule has 10 heteroatoms. The van der Waals surface area contributed by atoms with E-state index in [0.29, 0.717) is 26.2 Å². The molecule has 0 aliphatic carbocycles. The molecule has 0 saturated carbocycles. The number of alkyl halides is 3. The van der Waals surface area contributed by atoms with Crippen LogP contribution in [0.15, 0.2) is 30.3 Å². The zero-order valence-electron chi connectivity index (χ0n) is 14.4. The first kappa shape index (κ1) is 17.8. The monoisotopic (exact) mass is 395 g/mol. The molecule has 1 fully saturated rings. The van der Waals surface area contributed by atoms with Crippen molar-refractivity contribution in [3.05, 3.63) is 41.7 Å². The van der Waals surface area contributed by atoms with Crippen molar-refractivity contribution in [1.82, 2.24) is 19.1 Å². The molecule has 0 N–H and O–H groups in total. The van der Waals surface area contributed by atoms with Gasteiger partial charge in [0, 0.05) is 44.7 Å². The molecule has 0 unspecified atom stereocenters. The number of hydrogen-bond acceptors (Lipinski definition) is 5. The number of fused-ring (bicyclic) bond motifs is 1. The molecule has 2 aromatic heterocycles. The molecule has 142 valence electrons. The van der Waals surface area contributed by atoms with Crippen LogP contribution in [0.1, 0.15) is 16.2 Å². The summed E-state index contributed by atoms with van der Waals surface area (Å²) in [6, 6.07) is 8.75. The highest BCUT2D eigenvalue weighted by Gasteiger charge is 2.36. The van der Waals surface area contributed by atoms with Crippen molar-refractivity contribution < 1.29 is 18.0 Å². The molecule has 0 atom stereocenters. The molecule has 6 nitrogen and oxygen atoms in total. The lowest BCUT2D eigenvalue weighted by atomic mass is 10.2. The molecule has 1 aliphatic heterocycles. The number of amides is 1. The third kappa shape index (κ3) is 3.25. The summed E-state index contributed by atoms with van der Waals surface area (Å²) in [6.07, 6.45) is -4.57. The fourth-order valence-electron chi connectivity index (χ4n) is 3.19. The van der Waals surface area contributed by atoms with Gasteiger partial charge in [0.05, 0.1) is 4.70 Å². The van der Waals surface area contributed by atoms with Crippen LogP contribution in [0.2, 0.25) is 0 Å². The van der Waals surface area contributed by atoms with E-state index in [9.17, 15) is 18.0 Å². The van der Waals surface area contributed by atoms with Crippen LogP contribution < -0.4 is 4.90 Å². The Morgan fingerprint density at radius 1 is 1.15 bits per heavy atom. The quantitative estimate of drug-likeness (QED) is 0.670. The van der Waals surface area contributed by atoms with Crippen molar-refractivity contribution in [3.8, 4) is 0 Å². The zero-order valence-corrected chi connectivity index (χ0v) is 15.2. The Hall–Kier alpha value is -2.62. The van der Waals surface area contributed by atoms with Crippen LogP contribution in [-0.4, -0.2) is 51.1 Å². The minimum Gasteiger partial charge on any atom is -0.352 e. The fourth-order valence-corrected chi connectivity index (χ4v) is 3.99. The van der Waals surface area contributed by atoms with E-state index in [1.807, 2.05) is 24.3 Å². The summed E-state index contributed by atoms with van der Waals surface area (Å²) in [5, 5.41) is 4.49. The van der Waals surface area contributed by atoms with Crippen LogP contribution in [0.25, 0.3) is 10.1 Å². The van der Waals surface area contributed by atoms with Crippen molar-refractivity contribution in [1.29, 1.82) is 0 Å². The second-order valence-electron chi connectivity index (χ2n) is 6.32. The van der Waals surface area contributed by atoms with Gasteiger partial charge in [0.15, 0.2) is 5.69 Å². The number of anilines is 1. The van der Waals surface area contributed by atoms with Gasteiger partial charge >= 0.3 is 6.18 Å². The van der Waals surface area contributed by atoms with E-state index >= 15 is 0 Å². The Kier molecular flexibility index (Phi) is 4.29. The van der Waals surface area contributed by atoms with Gasteiger partial charge in [-0.3, -0.25) is 9.48 Å². The van der Waals surface area contributed by atoms with Crippen molar-refractivity contribution in [2.24, 2.45) is 7.05 Å². The van der Waals surface area contributed by atoms with Crippen molar-refractivity contribution in [2.45, 2.75) is 6.18 Å². The number of halogens is 3. The summed E-state index contributed by atoms with van der Waals surface area (Å²) in [6.45, 7) is 1.97. The van der Waals surface area contributed by atoms with Crippen LogP contribution >= 0.6 is 11.5 Å². The molecular formula is C17H16F3N5OS. The lowest BCUT2D eigenvalue weighted by Crippen LogP contribution is -2.49. The SMILES string of the molecule is Cn1nc(C(F)(F)F)cc1C(=O)N1CCN(c2nsc3ccccc23)CC1. The number of hydrogen-bond donors (Lipinski definition) is 0. The maximum Gasteiger partial charge on any atom is 0.435 e. The Labute approximate surface area is 157 Å². The molecule has 4 rings (SSSR count). The highest BCUT2D eigenvalue weighted by atomic mass is 32.1. The standard InChI is InChI=1S/C17H16F3N5OS/c1-23-12(10-14(21-23)17(18,19)20)16(26)25-8-6-24(7-9-25)15-11-4-2-3-5-13(11)27-22-15/h2-5,10H,6-9H2,1H3. The molecule has 0 spiro atoms. The molecule has 3 heterocycles. The number of aryl methyl sites for hydroxylation is 1. The van der Waals surface area contributed by atoms with E-state index in [4.69, 9.17) is 0 Å². The molecule has 1 saturated heterocycles. The molecule has 0 bridgehead atoms. The summed E-state index contributed by atoms with van der Waals surface area (Å²) < 4.78 is 45.0. The van der Waals surface area contributed by atoms with Crippen molar-refractivity contribution in [2.75, 3.05) is 31.1 Å². The molecule has 1 amide bonds. The summed E-state index contributed by atoms with van der Waals surface area (Å²) in [7, 11) is 1.35. The van der Waals surface area contributed by atoms with E-state index in [1.165, 1.54) is 18.6 Å². The van der Waals surface area contributed by atoms with Gasteiger partial charge in [0.25, 0.3) is 5.91 Å². The smallest absolute Gasteiger partial charge is 0.352 e. The van der Waals surface area contributed by atoms with Gasteiger partial charge in [0.1, 0.15) is 11.5 Å². The molecule has 3 aromatic rings. The van der Waals surface area contributed by atoms with E-state index in [1.54, 1.807) is 4.90 Å². The number of aromatic nitrogens is 3. The topological polar surface area (TPSA) is 54.3 Å². The minimum absolute atomic E-state index is 0.0603. The number of piperazine rings is 1. The molecule has 1 aliphatic rings. The maximum atomic E-state index is 12.8. The van der Waals surface area contributed by atoms with Crippen molar-refractivity contribution in [3.63, 3.8) is 0 Å². The fraction of sp³-hybridized carbons (Fsp3) is 0.353. The second kappa shape index (κ2) is 6.52. The summed E-state index contributed by atoms with van der Waals surface area (Å²) >= 11 is 1.43.